The molecule has 0 aromatic heterocycles. The van der Waals surface area contributed by atoms with E-state index in [9.17, 15) is 9.59 Å². The number of ether oxygens (including phenoxy) is 1. The van der Waals surface area contributed by atoms with Crippen LogP contribution in [0.4, 0.5) is 0 Å². The van der Waals surface area contributed by atoms with E-state index in [0.29, 0.717) is 0 Å². The highest BCUT2D eigenvalue weighted by Gasteiger charge is 2.17. The first kappa shape index (κ1) is 14.2. The number of carboxylic acid groups (broad SMARTS) is 1. The van der Waals surface area contributed by atoms with Crippen LogP contribution in [-0.4, -0.2) is 40.2 Å². The van der Waals surface area contributed by atoms with Gasteiger partial charge in [-0.1, -0.05) is 0 Å². The number of carboxylic acids is 1. The molecule has 1 unspecified atom stereocenters. The van der Waals surface area contributed by atoms with Crippen LogP contribution in [0.5, 0.6) is 0 Å². The summed E-state index contributed by atoms with van der Waals surface area (Å²) in [5.74, 6) is -1.09. The maximum Gasteiger partial charge on any atom is 0.321 e. The van der Waals surface area contributed by atoms with E-state index in [-0.39, 0.29) is 17.5 Å². The van der Waals surface area contributed by atoms with Crippen LogP contribution in [0, 0.1) is 0 Å². The standard InChI is InChI=1S/C9H17NO4S/c1-9(2,3)14-7(11)5-15-4-6(10)8(12)13/h6H,4-5,10H2,1-3H3,(H,12,13). The van der Waals surface area contributed by atoms with Gasteiger partial charge in [-0.15, -0.1) is 11.8 Å². The molecule has 0 bridgehead atoms. The SMILES string of the molecule is CC(C)(C)OC(=O)CSCC(N)C(=O)O. The van der Waals surface area contributed by atoms with Gasteiger partial charge in [0.1, 0.15) is 11.6 Å². The zero-order chi connectivity index (χ0) is 12.1. The Morgan fingerprint density at radius 1 is 1.47 bits per heavy atom. The number of nitrogens with two attached hydrogens (primary N) is 1. The van der Waals surface area contributed by atoms with Crippen molar-refractivity contribution in [3.05, 3.63) is 0 Å². The minimum absolute atomic E-state index is 0.123. The van der Waals surface area contributed by atoms with Crippen molar-refractivity contribution in [1.82, 2.24) is 0 Å². The third-order valence-corrected chi connectivity index (χ3v) is 2.29. The Morgan fingerprint density at radius 2 is 2.00 bits per heavy atom. The van der Waals surface area contributed by atoms with E-state index >= 15 is 0 Å². The van der Waals surface area contributed by atoms with Crippen molar-refractivity contribution in [2.24, 2.45) is 5.73 Å². The molecule has 6 heteroatoms. The number of hydrogen-bond donors (Lipinski definition) is 2. The third-order valence-electron chi connectivity index (χ3n) is 1.25. The van der Waals surface area contributed by atoms with E-state index in [1.165, 1.54) is 0 Å². The average molecular weight is 235 g/mol. The molecular weight excluding hydrogens is 218 g/mol. The largest absolute Gasteiger partial charge is 0.480 e. The second-order valence-electron chi connectivity index (χ2n) is 4.05. The second kappa shape index (κ2) is 5.97. The van der Waals surface area contributed by atoms with Gasteiger partial charge in [-0.05, 0) is 20.8 Å². The van der Waals surface area contributed by atoms with Crippen LogP contribution in [0.3, 0.4) is 0 Å². The Kier molecular flexibility index (Phi) is 5.67. The summed E-state index contributed by atoms with van der Waals surface area (Å²) in [5.41, 5.74) is 4.75. The van der Waals surface area contributed by atoms with Gasteiger partial charge in [-0.3, -0.25) is 9.59 Å². The second-order valence-corrected chi connectivity index (χ2v) is 5.08. The van der Waals surface area contributed by atoms with E-state index in [1.54, 1.807) is 20.8 Å². The molecule has 0 rings (SSSR count). The number of rotatable bonds is 5. The summed E-state index contributed by atoms with van der Waals surface area (Å²) >= 11 is 1.16. The normalized spacial score (nSPS) is 13.3. The average Bonchev–Trinajstić information content (AvgIpc) is 2.00. The van der Waals surface area contributed by atoms with Crippen molar-refractivity contribution in [2.75, 3.05) is 11.5 Å². The lowest BCUT2D eigenvalue weighted by atomic mass is 10.2. The molecule has 0 aromatic rings. The Labute approximate surface area is 93.4 Å². The van der Waals surface area contributed by atoms with E-state index in [2.05, 4.69) is 0 Å². The quantitative estimate of drug-likeness (QED) is 0.673. The Hall–Kier alpha value is -0.750. The van der Waals surface area contributed by atoms with E-state index in [4.69, 9.17) is 15.6 Å². The van der Waals surface area contributed by atoms with Crippen LogP contribution in [0.2, 0.25) is 0 Å². The van der Waals surface area contributed by atoms with Gasteiger partial charge in [0.2, 0.25) is 0 Å². The fraction of sp³-hybridized carbons (Fsp3) is 0.778. The molecule has 0 aliphatic rings. The molecule has 0 spiro atoms. The molecule has 0 saturated carbocycles. The fourth-order valence-corrected chi connectivity index (χ4v) is 1.45. The van der Waals surface area contributed by atoms with Crippen molar-refractivity contribution in [1.29, 1.82) is 0 Å². The molecule has 1 atom stereocenters. The highest BCUT2D eigenvalue weighted by atomic mass is 32.2. The van der Waals surface area contributed by atoms with Crippen molar-refractivity contribution in [2.45, 2.75) is 32.4 Å². The van der Waals surface area contributed by atoms with Crippen molar-refractivity contribution in [3.8, 4) is 0 Å². The summed E-state index contributed by atoms with van der Waals surface area (Å²) in [5, 5.41) is 8.48. The van der Waals surface area contributed by atoms with Gasteiger partial charge >= 0.3 is 11.9 Å². The van der Waals surface area contributed by atoms with Gasteiger partial charge < -0.3 is 15.6 Å². The number of hydrogen-bond acceptors (Lipinski definition) is 5. The molecule has 0 heterocycles. The van der Waals surface area contributed by atoms with Gasteiger partial charge in [-0.25, -0.2) is 0 Å². The Bertz CT molecular complexity index is 237. The molecule has 0 aliphatic heterocycles. The molecule has 0 aromatic carbocycles. The van der Waals surface area contributed by atoms with Crippen LogP contribution in [-0.2, 0) is 14.3 Å². The number of carbonyl (C=O) groups excluding carboxylic acids is 1. The Morgan fingerprint density at radius 3 is 2.40 bits per heavy atom. The molecule has 0 radical (unpaired) electrons. The first-order valence-electron chi connectivity index (χ1n) is 4.50. The molecule has 5 nitrogen and oxygen atoms in total. The minimum Gasteiger partial charge on any atom is -0.480 e. The third kappa shape index (κ3) is 8.26. The number of thioether (sulfide) groups is 1. The van der Waals surface area contributed by atoms with Crippen LogP contribution in [0.25, 0.3) is 0 Å². The molecule has 88 valence electrons. The summed E-state index contributed by atoms with van der Waals surface area (Å²) in [7, 11) is 0. The summed E-state index contributed by atoms with van der Waals surface area (Å²) in [6.07, 6.45) is 0. The molecule has 0 amide bonds. The molecule has 0 fully saturated rings. The maximum absolute atomic E-state index is 11.2. The zero-order valence-electron chi connectivity index (χ0n) is 9.15. The van der Waals surface area contributed by atoms with E-state index in [0.717, 1.165) is 11.8 Å². The molecular formula is C9H17NO4S. The van der Waals surface area contributed by atoms with Gasteiger partial charge in [0.25, 0.3) is 0 Å². The lowest BCUT2D eigenvalue weighted by Gasteiger charge is -2.19. The highest BCUT2D eigenvalue weighted by molar-refractivity contribution is 8.00. The van der Waals surface area contributed by atoms with Gasteiger partial charge in [-0.2, -0.15) is 0 Å². The van der Waals surface area contributed by atoms with E-state index < -0.39 is 17.6 Å². The molecule has 15 heavy (non-hydrogen) atoms. The summed E-state index contributed by atoms with van der Waals surface area (Å²) < 4.78 is 5.03. The lowest BCUT2D eigenvalue weighted by molar-refractivity contribution is -0.151. The molecule has 0 aliphatic carbocycles. The zero-order valence-corrected chi connectivity index (χ0v) is 9.97. The fourth-order valence-electron chi connectivity index (χ4n) is 0.711. The number of esters is 1. The predicted molar refractivity (Wildman–Crippen MR) is 58.8 cm³/mol. The summed E-state index contributed by atoms with van der Waals surface area (Å²) in [6, 6.07) is -0.933. The predicted octanol–water partition coefficient (Wildman–Crippen LogP) is 0.473. The Balaban J connectivity index is 3.69. The van der Waals surface area contributed by atoms with Crippen LogP contribution in [0.15, 0.2) is 0 Å². The molecule has 0 saturated heterocycles. The van der Waals surface area contributed by atoms with Crippen LogP contribution < -0.4 is 5.73 Å². The minimum atomic E-state index is -1.06. The number of aliphatic carboxylic acids is 1. The smallest absolute Gasteiger partial charge is 0.321 e. The summed E-state index contributed by atoms with van der Waals surface area (Å²) in [4.78, 5) is 21.5. The lowest BCUT2D eigenvalue weighted by Crippen LogP contribution is -2.33. The van der Waals surface area contributed by atoms with Crippen molar-refractivity contribution < 1.29 is 19.4 Å². The first-order valence-corrected chi connectivity index (χ1v) is 5.66. The van der Waals surface area contributed by atoms with Gasteiger partial charge in [0.15, 0.2) is 0 Å². The van der Waals surface area contributed by atoms with Crippen molar-refractivity contribution in [3.63, 3.8) is 0 Å². The van der Waals surface area contributed by atoms with Crippen LogP contribution >= 0.6 is 11.8 Å². The van der Waals surface area contributed by atoms with Crippen LogP contribution in [0.1, 0.15) is 20.8 Å². The topological polar surface area (TPSA) is 89.6 Å². The monoisotopic (exact) mass is 235 g/mol. The van der Waals surface area contributed by atoms with Gasteiger partial charge in [0.05, 0.1) is 5.75 Å². The van der Waals surface area contributed by atoms with Gasteiger partial charge in [0, 0.05) is 5.75 Å². The number of carbonyl (C=O) groups is 2. The first-order chi connectivity index (χ1) is 6.72. The molecule has 3 N–H and O–H groups in total. The maximum atomic E-state index is 11.2. The summed E-state index contributed by atoms with van der Waals surface area (Å²) in [6.45, 7) is 5.33. The van der Waals surface area contributed by atoms with Crippen molar-refractivity contribution >= 4 is 23.7 Å². The van der Waals surface area contributed by atoms with E-state index in [1.807, 2.05) is 0 Å². The highest BCUT2D eigenvalue weighted by Crippen LogP contribution is 2.10.